The van der Waals surface area contributed by atoms with Gasteiger partial charge in [-0.2, -0.15) is 0 Å². The highest BCUT2D eigenvalue weighted by Gasteiger charge is 2.27. The molecule has 2 nitrogen and oxygen atoms in total. The Hall–Kier alpha value is -0.530. The second-order valence-electron chi connectivity index (χ2n) is 6.35. The Morgan fingerprint density at radius 3 is 1.94 bits per heavy atom. The molecule has 0 amide bonds. The van der Waals surface area contributed by atoms with Crippen LogP contribution in [0.1, 0.15) is 71.1 Å². The largest absolute Gasteiger partial charge is 0.266 e. The maximum atomic E-state index is 2.56. The molecule has 0 aliphatic heterocycles. The van der Waals surface area contributed by atoms with E-state index in [2.05, 4.69) is 30.5 Å². The summed E-state index contributed by atoms with van der Waals surface area (Å²) in [6.07, 6.45) is 14.2. The maximum absolute atomic E-state index is 2.56. The van der Waals surface area contributed by atoms with Gasteiger partial charge in [-0.05, 0) is 51.4 Å². The zero-order chi connectivity index (χ0) is 13.0. The van der Waals surface area contributed by atoms with E-state index in [0.29, 0.717) is 0 Å². The van der Waals surface area contributed by atoms with Gasteiger partial charge in [-0.3, -0.25) is 9.48 Å². The molecule has 0 heterocycles. The zero-order valence-corrected chi connectivity index (χ0v) is 12.6. The monoisotopic (exact) mass is 251 g/mol. The Morgan fingerprint density at radius 2 is 1.39 bits per heavy atom. The van der Waals surface area contributed by atoms with Crippen molar-refractivity contribution in [2.45, 2.75) is 83.2 Å². The molecule has 0 aromatic rings. The third-order valence-electron chi connectivity index (χ3n) is 5.27. The average Bonchev–Trinajstić information content (AvgIpc) is 2.47. The molecule has 0 spiro atoms. The summed E-state index contributed by atoms with van der Waals surface area (Å²) < 4.78 is 2.56. The van der Waals surface area contributed by atoms with Crippen LogP contribution in [0.4, 0.5) is 0 Å². The first kappa shape index (κ1) is 13.9. The van der Waals surface area contributed by atoms with Crippen LogP contribution >= 0.6 is 0 Å². The molecule has 0 radical (unpaired) electrons. The first-order chi connectivity index (χ1) is 8.70. The fourth-order valence-electron chi connectivity index (χ4n) is 3.71. The fourth-order valence-corrected chi connectivity index (χ4v) is 3.71. The molecule has 0 aromatic carbocycles. The van der Waals surface area contributed by atoms with Crippen LogP contribution in [0.15, 0.2) is 0 Å². The summed E-state index contributed by atoms with van der Waals surface area (Å²) in [5.74, 6) is 1.49. The standard InChI is InChI=1S/C16H31N2/c1-14(17(2)15-10-6-4-7-11-15)18(3)16-12-8-5-9-13-16/h15-16H,4-13H2,1-3H3/q+1. The molecule has 2 fully saturated rings. The molecule has 0 atom stereocenters. The highest BCUT2D eigenvalue weighted by molar-refractivity contribution is 5.74. The van der Waals surface area contributed by atoms with Gasteiger partial charge in [-0.1, -0.05) is 12.8 Å². The second-order valence-corrected chi connectivity index (χ2v) is 6.35. The second kappa shape index (κ2) is 6.58. The van der Waals surface area contributed by atoms with E-state index in [-0.39, 0.29) is 0 Å². The zero-order valence-electron chi connectivity index (χ0n) is 12.6. The molecule has 0 saturated heterocycles. The van der Waals surface area contributed by atoms with E-state index in [4.69, 9.17) is 0 Å². The summed E-state index contributed by atoms with van der Waals surface area (Å²) in [6.45, 7) is 2.32. The van der Waals surface area contributed by atoms with E-state index < -0.39 is 0 Å². The van der Waals surface area contributed by atoms with Crippen molar-refractivity contribution in [1.82, 2.24) is 4.90 Å². The number of amidine groups is 1. The van der Waals surface area contributed by atoms with Gasteiger partial charge in [0, 0.05) is 6.92 Å². The predicted octanol–water partition coefficient (Wildman–Crippen LogP) is 3.64. The molecule has 0 bridgehead atoms. The lowest BCUT2D eigenvalue weighted by atomic mass is 9.94. The molecule has 0 aromatic heterocycles. The van der Waals surface area contributed by atoms with Gasteiger partial charge in [-0.25, -0.2) is 0 Å². The molecule has 2 rings (SSSR count). The minimum Gasteiger partial charge on any atom is -0.266 e. The van der Waals surface area contributed by atoms with Crippen LogP contribution in [0.3, 0.4) is 0 Å². The fraction of sp³-hybridized carbons (Fsp3) is 0.938. The van der Waals surface area contributed by atoms with Gasteiger partial charge in [0.2, 0.25) is 5.84 Å². The Balaban J connectivity index is 1.99. The topological polar surface area (TPSA) is 6.25 Å². The van der Waals surface area contributed by atoms with Crippen LogP contribution in [-0.4, -0.2) is 41.5 Å². The van der Waals surface area contributed by atoms with E-state index in [0.717, 1.165) is 12.1 Å². The summed E-state index contributed by atoms with van der Waals surface area (Å²) in [7, 11) is 4.62. The molecule has 104 valence electrons. The highest BCUT2D eigenvalue weighted by Crippen LogP contribution is 2.23. The molecule has 0 N–H and O–H groups in total. The molecule has 2 saturated carbocycles. The van der Waals surface area contributed by atoms with Crippen molar-refractivity contribution in [3.05, 3.63) is 0 Å². The van der Waals surface area contributed by atoms with Gasteiger partial charge >= 0.3 is 0 Å². The molecule has 2 heteroatoms. The molecular weight excluding hydrogens is 220 g/mol. The van der Waals surface area contributed by atoms with Crippen molar-refractivity contribution < 1.29 is 4.58 Å². The first-order valence-electron chi connectivity index (χ1n) is 7.99. The molecule has 0 unspecified atom stereocenters. The van der Waals surface area contributed by atoms with Gasteiger partial charge in [0.25, 0.3) is 0 Å². The third-order valence-corrected chi connectivity index (χ3v) is 5.27. The minimum absolute atomic E-state index is 0.796. The van der Waals surface area contributed by atoms with Crippen LogP contribution in [-0.2, 0) is 0 Å². The molecule has 2 aliphatic rings. The molecule has 18 heavy (non-hydrogen) atoms. The van der Waals surface area contributed by atoms with Crippen molar-refractivity contribution >= 4 is 5.84 Å². The predicted molar refractivity (Wildman–Crippen MR) is 78.4 cm³/mol. The van der Waals surface area contributed by atoms with E-state index in [1.807, 2.05) is 0 Å². The lowest BCUT2D eigenvalue weighted by Gasteiger charge is -2.30. The van der Waals surface area contributed by atoms with Crippen molar-refractivity contribution in [3.63, 3.8) is 0 Å². The third kappa shape index (κ3) is 3.27. The smallest absolute Gasteiger partial charge is 0.243 e. The van der Waals surface area contributed by atoms with Crippen molar-refractivity contribution in [3.8, 4) is 0 Å². The molecular formula is C16H31N2+. The van der Waals surface area contributed by atoms with Gasteiger partial charge in [0.1, 0.15) is 0 Å². The van der Waals surface area contributed by atoms with Gasteiger partial charge in [0.15, 0.2) is 0 Å². The van der Waals surface area contributed by atoms with Crippen molar-refractivity contribution in [1.29, 1.82) is 0 Å². The van der Waals surface area contributed by atoms with Crippen molar-refractivity contribution in [2.75, 3.05) is 14.1 Å². The quantitative estimate of drug-likeness (QED) is 0.412. The van der Waals surface area contributed by atoms with Gasteiger partial charge in [-0.15, -0.1) is 0 Å². The average molecular weight is 251 g/mol. The van der Waals surface area contributed by atoms with Gasteiger partial charge < -0.3 is 0 Å². The number of nitrogens with zero attached hydrogens (tertiary/aromatic N) is 2. The Morgan fingerprint density at radius 1 is 0.889 bits per heavy atom. The SMILES string of the molecule is CC(N(C)C1CCCCC1)=[N+](C)C1CCCCC1. The van der Waals surface area contributed by atoms with E-state index in [1.165, 1.54) is 70.0 Å². The van der Waals surface area contributed by atoms with Crippen LogP contribution in [0.25, 0.3) is 0 Å². The van der Waals surface area contributed by atoms with Crippen LogP contribution in [0.2, 0.25) is 0 Å². The normalized spacial score (nSPS) is 24.8. The van der Waals surface area contributed by atoms with Crippen LogP contribution in [0.5, 0.6) is 0 Å². The number of rotatable bonds is 2. The maximum Gasteiger partial charge on any atom is 0.243 e. The number of hydrogen-bond donors (Lipinski definition) is 0. The summed E-state index contributed by atoms with van der Waals surface area (Å²) >= 11 is 0. The Bertz CT molecular complexity index is 283. The van der Waals surface area contributed by atoms with Crippen molar-refractivity contribution in [2.24, 2.45) is 0 Å². The summed E-state index contributed by atoms with van der Waals surface area (Å²) in [5, 5.41) is 0. The summed E-state index contributed by atoms with van der Waals surface area (Å²) in [4.78, 5) is 2.56. The highest BCUT2D eigenvalue weighted by atomic mass is 15.2. The lowest BCUT2D eigenvalue weighted by molar-refractivity contribution is -0.547. The first-order valence-corrected chi connectivity index (χ1v) is 7.99. The lowest BCUT2D eigenvalue weighted by Crippen LogP contribution is -2.43. The Labute approximate surface area is 113 Å². The Kier molecular flexibility index (Phi) is 5.08. The van der Waals surface area contributed by atoms with Crippen LogP contribution in [0, 0.1) is 0 Å². The van der Waals surface area contributed by atoms with Gasteiger partial charge in [0.05, 0.1) is 26.2 Å². The molecule has 2 aliphatic carbocycles. The summed E-state index contributed by atoms with van der Waals surface area (Å²) in [5.41, 5.74) is 0. The van der Waals surface area contributed by atoms with Crippen LogP contribution < -0.4 is 0 Å². The minimum atomic E-state index is 0.796. The van der Waals surface area contributed by atoms with E-state index in [9.17, 15) is 0 Å². The van der Waals surface area contributed by atoms with E-state index >= 15 is 0 Å². The van der Waals surface area contributed by atoms with E-state index in [1.54, 1.807) is 0 Å². The summed E-state index contributed by atoms with van der Waals surface area (Å²) in [6, 6.07) is 1.59. The number of hydrogen-bond acceptors (Lipinski definition) is 0.